The van der Waals surface area contributed by atoms with E-state index < -0.39 is 0 Å². The highest BCUT2D eigenvalue weighted by molar-refractivity contribution is 6.30. The van der Waals surface area contributed by atoms with Gasteiger partial charge in [0.15, 0.2) is 0 Å². The fourth-order valence-electron chi connectivity index (χ4n) is 3.01. The van der Waals surface area contributed by atoms with Crippen LogP contribution in [0.15, 0.2) is 24.3 Å². The molecule has 0 radical (unpaired) electrons. The van der Waals surface area contributed by atoms with Gasteiger partial charge in [-0.25, -0.2) is 0 Å². The zero-order chi connectivity index (χ0) is 13.7. The van der Waals surface area contributed by atoms with Crippen molar-refractivity contribution in [3.63, 3.8) is 0 Å². The van der Waals surface area contributed by atoms with Crippen LogP contribution in [0.1, 0.15) is 44.6 Å². The summed E-state index contributed by atoms with van der Waals surface area (Å²) in [6, 6.07) is 9.35. The molecule has 2 rings (SSSR count). The summed E-state index contributed by atoms with van der Waals surface area (Å²) in [5.41, 5.74) is 7.32. The van der Waals surface area contributed by atoms with E-state index in [9.17, 15) is 0 Å². The normalized spacial score (nSPS) is 23.8. The second kappa shape index (κ2) is 7.28. The number of halogens is 1. The van der Waals surface area contributed by atoms with Crippen molar-refractivity contribution in [3.8, 4) is 0 Å². The molecule has 1 fully saturated rings. The van der Waals surface area contributed by atoms with Gasteiger partial charge in [-0.15, -0.1) is 0 Å². The fourth-order valence-corrected chi connectivity index (χ4v) is 3.23. The lowest BCUT2D eigenvalue weighted by Gasteiger charge is -2.36. The topological polar surface area (TPSA) is 29.3 Å². The highest BCUT2D eigenvalue weighted by Crippen LogP contribution is 2.24. The van der Waals surface area contributed by atoms with Gasteiger partial charge in [0, 0.05) is 23.7 Å². The first-order valence-electron chi connectivity index (χ1n) is 7.43. The van der Waals surface area contributed by atoms with E-state index in [-0.39, 0.29) is 0 Å². The lowest BCUT2D eigenvalue weighted by molar-refractivity contribution is 0.142. The average Bonchev–Trinajstić information content (AvgIpc) is 2.39. The maximum absolute atomic E-state index is 6.08. The summed E-state index contributed by atoms with van der Waals surface area (Å²) in [5, 5.41) is 0.833. The molecule has 0 bridgehead atoms. The lowest BCUT2D eigenvalue weighted by atomic mass is 9.90. The van der Waals surface area contributed by atoms with Crippen LogP contribution in [0.25, 0.3) is 0 Å². The van der Waals surface area contributed by atoms with Gasteiger partial charge in [-0.05, 0) is 56.3 Å². The van der Waals surface area contributed by atoms with Gasteiger partial charge in [-0.2, -0.15) is 0 Å². The van der Waals surface area contributed by atoms with Gasteiger partial charge in [-0.1, -0.05) is 30.7 Å². The quantitative estimate of drug-likeness (QED) is 0.888. The third-order valence-corrected chi connectivity index (χ3v) is 4.28. The molecule has 0 aliphatic heterocycles. The third kappa shape index (κ3) is 4.48. The average molecular weight is 281 g/mol. The number of benzene rings is 1. The van der Waals surface area contributed by atoms with Crippen LogP contribution in [0.2, 0.25) is 5.02 Å². The van der Waals surface area contributed by atoms with Crippen LogP contribution in [0, 0.1) is 0 Å². The van der Waals surface area contributed by atoms with E-state index >= 15 is 0 Å². The minimum atomic E-state index is 0.422. The molecule has 19 heavy (non-hydrogen) atoms. The molecule has 1 saturated carbocycles. The van der Waals surface area contributed by atoms with Gasteiger partial charge in [0.05, 0.1) is 0 Å². The molecule has 0 unspecified atom stereocenters. The molecular weight excluding hydrogens is 256 g/mol. The van der Waals surface area contributed by atoms with E-state index in [1.807, 2.05) is 12.1 Å². The van der Waals surface area contributed by atoms with Crippen molar-refractivity contribution in [1.82, 2.24) is 4.90 Å². The Morgan fingerprint density at radius 3 is 2.63 bits per heavy atom. The van der Waals surface area contributed by atoms with E-state index in [1.54, 1.807) is 0 Å². The molecule has 0 spiro atoms. The van der Waals surface area contributed by atoms with E-state index in [4.69, 9.17) is 17.3 Å². The monoisotopic (exact) mass is 280 g/mol. The molecule has 0 atom stereocenters. The first-order chi connectivity index (χ1) is 9.19. The van der Waals surface area contributed by atoms with Crippen LogP contribution in [-0.4, -0.2) is 23.5 Å². The minimum absolute atomic E-state index is 0.422. The number of hydrogen-bond acceptors (Lipinski definition) is 2. The summed E-state index contributed by atoms with van der Waals surface area (Å²) in [4.78, 5) is 2.61. The molecule has 2 N–H and O–H groups in total. The number of nitrogens with zero attached hydrogens (tertiary/aromatic N) is 1. The molecule has 1 aliphatic rings. The maximum atomic E-state index is 6.08. The molecular formula is C16H25ClN2. The van der Waals surface area contributed by atoms with E-state index in [0.29, 0.717) is 12.1 Å². The molecule has 0 saturated heterocycles. The summed E-state index contributed by atoms with van der Waals surface area (Å²) >= 11 is 6.08. The van der Waals surface area contributed by atoms with Crippen molar-refractivity contribution >= 4 is 11.6 Å². The first-order valence-corrected chi connectivity index (χ1v) is 7.81. The van der Waals surface area contributed by atoms with Gasteiger partial charge in [-0.3, -0.25) is 4.90 Å². The van der Waals surface area contributed by atoms with E-state index in [2.05, 4.69) is 24.0 Å². The summed E-state index contributed by atoms with van der Waals surface area (Å²) in [6.07, 6.45) is 6.01. The largest absolute Gasteiger partial charge is 0.328 e. The van der Waals surface area contributed by atoms with Crippen LogP contribution < -0.4 is 5.73 Å². The van der Waals surface area contributed by atoms with Crippen LogP contribution in [0.4, 0.5) is 0 Å². The zero-order valence-electron chi connectivity index (χ0n) is 11.8. The highest BCUT2D eigenvalue weighted by Gasteiger charge is 2.23. The van der Waals surface area contributed by atoms with Gasteiger partial charge in [0.2, 0.25) is 0 Å². The Morgan fingerprint density at radius 1 is 1.26 bits per heavy atom. The summed E-state index contributed by atoms with van der Waals surface area (Å²) < 4.78 is 0. The molecule has 1 aliphatic carbocycles. The minimum Gasteiger partial charge on any atom is -0.328 e. The van der Waals surface area contributed by atoms with Crippen molar-refractivity contribution in [2.75, 3.05) is 6.54 Å². The van der Waals surface area contributed by atoms with E-state index in [0.717, 1.165) is 18.1 Å². The molecule has 1 aromatic carbocycles. The fraction of sp³-hybridized carbons (Fsp3) is 0.625. The Morgan fingerprint density at radius 2 is 2.00 bits per heavy atom. The number of rotatable bonds is 5. The summed E-state index contributed by atoms with van der Waals surface area (Å²) in [5.74, 6) is 0. The van der Waals surface area contributed by atoms with Crippen molar-refractivity contribution in [2.24, 2.45) is 5.73 Å². The summed E-state index contributed by atoms with van der Waals surface area (Å²) in [6.45, 7) is 4.42. The SMILES string of the molecule is CCCN(Cc1cccc(Cl)c1)C1CCC(N)CC1. The first kappa shape index (κ1) is 14.8. The van der Waals surface area contributed by atoms with Crippen molar-refractivity contribution in [1.29, 1.82) is 0 Å². The van der Waals surface area contributed by atoms with Crippen molar-refractivity contribution < 1.29 is 0 Å². The van der Waals surface area contributed by atoms with Gasteiger partial charge < -0.3 is 5.73 Å². The standard InChI is InChI=1S/C16H25ClN2/c1-2-10-19(16-8-6-15(18)7-9-16)12-13-4-3-5-14(17)11-13/h3-5,11,15-16H,2,6-10,12,18H2,1H3. The molecule has 0 heterocycles. The Hall–Kier alpha value is -0.570. The van der Waals surface area contributed by atoms with Crippen LogP contribution in [0.3, 0.4) is 0 Å². The maximum Gasteiger partial charge on any atom is 0.0409 e. The number of hydrogen-bond donors (Lipinski definition) is 1. The second-order valence-electron chi connectivity index (χ2n) is 5.67. The predicted molar refractivity (Wildman–Crippen MR) is 82.4 cm³/mol. The second-order valence-corrected chi connectivity index (χ2v) is 6.11. The van der Waals surface area contributed by atoms with Crippen LogP contribution in [-0.2, 0) is 6.54 Å². The third-order valence-electron chi connectivity index (χ3n) is 4.04. The molecule has 0 amide bonds. The molecule has 1 aromatic rings. The van der Waals surface area contributed by atoms with Gasteiger partial charge in [0.1, 0.15) is 0 Å². The Kier molecular flexibility index (Phi) is 5.68. The van der Waals surface area contributed by atoms with Crippen molar-refractivity contribution in [3.05, 3.63) is 34.9 Å². The van der Waals surface area contributed by atoms with Crippen LogP contribution >= 0.6 is 11.6 Å². The lowest BCUT2D eigenvalue weighted by Crippen LogP contribution is -2.40. The molecule has 0 aromatic heterocycles. The highest BCUT2D eigenvalue weighted by atomic mass is 35.5. The Balaban J connectivity index is 1.99. The molecule has 2 nitrogen and oxygen atoms in total. The Bertz CT molecular complexity index is 386. The van der Waals surface area contributed by atoms with E-state index in [1.165, 1.54) is 37.7 Å². The predicted octanol–water partition coefficient (Wildman–Crippen LogP) is 3.82. The smallest absolute Gasteiger partial charge is 0.0409 e. The zero-order valence-corrected chi connectivity index (χ0v) is 12.6. The Labute approximate surface area is 121 Å². The van der Waals surface area contributed by atoms with Gasteiger partial charge in [0.25, 0.3) is 0 Å². The van der Waals surface area contributed by atoms with Crippen molar-refractivity contribution in [2.45, 2.75) is 57.7 Å². The van der Waals surface area contributed by atoms with Gasteiger partial charge >= 0.3 is 0 Å². The van der Waals surface area contributed by atoms with Crippen LogP contribution in [0.5, 0.6) is 0 Å². The number of nitrogens with two attached hydrogens (primary N) is 1. The molecule has 3 heteroatoms. The summed E-state index contributed by atoms with van der Waals surface area (Å²) in [7, 11) is 0. The molecule has 106 valence electrons.